The number of hydrogen-bond donors (Lipinski definition) is 1. The molecule has 0 fully saturated rings. The van der Waals surface area contributed by atoms with Crippen LogP contribution in [0.15, 0.2) is 89.4 Å². The van der Waals surface area contributed by atoms with Gasteiger partial charge in [-0.15, -0.1) is 0 Å². The number of pyridine rings is 1. The molecule has 0 saturated heterocycles. The van der Waals surface area contributed by atoms with E-state index in [4.69, 9.17) is 5.73 Å². The summed E-state index contributed by atoms with van der Waals surface area (Å²) in [6, 6.07) is 30.3. The average Bonchev–Trinajstić information content (AvgIpc) is 2.74. The zero-order chi connectivity index (χ0) is 19.5. The average molecular weight is 426 g/mol. The molecule has 0 amide bonds. The second-order valence-corrected chi connectivity index (χ2v) is 7.30. The van der Waals surface area contributed by atoms with Crippen LogP contribution in [0, 0.1) is 11.3 Å². The molecule has 4 heteroatoms. The van der Waals surface area contributed by atoms with Gasteiger partial charge in [-0.3, -0.25) is 0 Å². The Labute approximate surface area is 172 Å². The van der Waals surface area contributed by atoms with Crippen molar-refractivity contribution in [2.75, 3.05) is 5.73 Å². The summed E-state index contributed by atoms with van der Waals surface area (Å²) in [6.45, 7) is 0. The monoisotopic (exact) mass is 425 g/mol. The maximum atomic E-state index is 9.66. The molecule has 0 unspecified atom stereocenters. The molecule has 0 bridgehead atoms. The van der Waals surface area contributed by atoms with E-state index < -0.39 is 0 Å². The molecule has 2 N–H and O–H groups in total. The van der Waals surface area contributed by atoms with Gasteiger partial charge in [-0.25, -0.2) is 4.98 Å². The van der Waals surface area contributed by atoms with Gasteiger partial charge in [-0.2, -0.15) is 5.26 Å². The lowest BCUT2D eigenvalue weighted by Gasteiger charge is -2.12. The lowest BCUT2D eigenvalue weighted by atomic mass is 9.95. The molecule has 1 heterocycles. The Kier molecular flexibility index (Phi) is 4.92. The predicted octanol–water partition coefficient (Wildman–Crippen LogP) is 6.30. The van der Waals surface area contributed by atoms with Crippen LogP contribution >= 0.6 is 15.9 Å². The van der Waals surface area contributed by atoms with Gasteiger partial charge < -0.3 is 5.73 Å². The molecule has 3 aromatic carbocycles. The molecule has 4 aromatic rings. The van der Waals surface area contributed by atoms with Crippen LogP contribution in [0.25, 0.3) is 33.5 Å². The first-order chi connectivity index (χ1) is 13.7. The van der Waals surface area contributed by atoms with E-state index in [2.05, 4.69) is 51.2 Å². The molecular weight excluding hydrogens is 410 g/mol. The van der Waals surface area contributed by atoms with Crippen molar-refractivity contribution in [1.29, 1.82) is 5.26 Å². The number of rotatable bonds is 3. The second-order valence-electron chi connectivity index (χ2n) is 6.38. The Morgan fingerprint density at radius 2 is 1.43 bits per heavy atom. The number of aromatic nitrogens is 1. The summed E-state index contributed by atoms with van der Waals surface area (Å²) in [5, 5.41) is 9.66. The van der Waals surface area contributed by atoms with E-state index in [9.17, 15) is 5.26 Å². The van der Waals surface area contributed by atoms with Gasteiger partial charge in [0.1, 0.15) is 17.5 Å². The van der Waals surface area contributed by atoms with Gasteiger partial charge in [-0.1, -0.05) is 76.6 Å². The number of hydrogen-bond acceptors (Lipinski definition) is 3. The van der Waals surface area contributed by atoms with E-state index in [1.807, 2.05) is 60.7 Å². The van der Waals surface area contributed by atoms with Crippen LogP contribution in [-0.4, -0.2) is 4.98 Å². The fourth-order valence-corrected chi connectivity index (χ4v) is 3.44. The van der Waals surface area contributed by atoms with Crippen molar-refractivity contribution in [2.45, 2.75) is 0 Å². The van der Waals surface area contributed by atoms with Crippen molar-refractivity contribution in [2.24, 2.45) is 0 Å². The van der Waals surface area contributed by atoms with Crippen LogP contribution < -0.4 is 5.73 Å². The molecule has 0 aliphatic heterocycles. The highest BCUT2D eigenvalue weighted by Crippen LogP contribution is 2.33. The number of nitrogens with two attached hydrogens (primary N) is 1. The van der Waals surface area contributed by atoms with E-state index in [1.54, 1.807) is 0 Å². The maximum absolute atomic E-state index is 9.66. The minimum absolute atomic E-state index is 0.243. The molecule has 28 heavy (non-hydrogen) atoms. The summed E-state index contributed by atoms with van der Waals surface area (Å²) in [5.41, 5.74) is 12.1. The lowest BCUT2D eigenvalue weighted by Crippen LogP contribution is -1.99. The van der Waals surface area contributed by atoms with Gasteiger partial charge >= 0.3 is 0 Å². The lowest BCUT2D eigenvalue weighted by molar-refractivity contribution is 1.31. The molecule has 0 radical (unpaired) electrons. The van der Waals surface area contributed by atoms with Crippen LogP contribution in [-0.2, 0) is 0 Å². The number of halogens is 1. The molecule has 1 aromatic heterocycles. The highest BCUT2D eigenvalue weighted by molar-refractivity contribution is 9.10. The first-order valence-electron chi connectivity index (χ1n) is 8.78. The predicted molar refractivity (Wildman–Crippen MR) is 117 cm³/mol. The zero-order valence-corrected chi connectivity index (χ0v) is 16.5. The van der Waals surface area contributed by atoms with Gasteiger partial charge in [-0.05, 0) is 41.0 Å². The molecular formula is C24H16BrN3. The van der Waals surface area contributed by atoms with E-state index in [0.717, 1.165) is 38.0 Å². The molecule has 0 spiro atoms. The highest BCUT2D eigenvalue weighted by Gasteiger charge is 2.14. The van der Waals surface area contributed by atoms with Gasteiger partial charge in [0.05, 0.1) is 5.69 Å². The van der Waals surface area contributed by atoms with Gasteiger partial charge in [0, 0.05) is 15.6 Å². The van der Waals surface area contributed by atoms with Crippen molar-refractivity contribution in [1.82, 2.24) is 4.98 Å². The quantitative estimate of drug-likeness (QED) is 0.418. The second kappa shape index (κ2) is 7.67. The Morgan fingerprint density at radius 1 is 0.750 bits per heavy atom. The molecule has 134 valence electrons. The van der Waals surface area contributed by atoms with Crippen molar-refractivity contribution in [3.05, 3.63) is 95.0 Å². The number of anilines is 1. The molecule has 3 nitrogen and oxygen atoms in total. The largest absolute Gasteiger partial charge is 0.383 e. The van der Waals surface area contributed by atoms with Gasteiger partial charge in [0.2, 0.25) is 0 Å². The summed E-state index contributed by atoms with van der Waals surface area (Å²) in [5.74, 6) is 0.243. The van der Waals surface area contributed by atoms with Gasteiger partial charge in [0.15, 0.2) is 0 Å². The van der Waals surface area contributed by atoms with Crippen molar-refractivity contribution < 1.29 is 0 Å². The smallest absolute Gasteiger partial charge is 0.142 e. The Balaban J connectivity index is 1.87. The number of nitrogen functional groups attached to an aromatic ring is 1. The number of benzene rings is 3. The van der Waals surface area contributed by atoms with Gasteiger partial charge in [0.25, 0.3) is 0 Å². The Hall–Kier alpha value is -3.42. The molecule has 0 atom stereocenters. The summed E-state index contributed by atoms with van der Waals surface area (Å²) in [4.78, 5) is 4.44. The third kappa shape index (κ3) is 3.53. The maximum Gasteiger partial charge on any atom is 0.142 e. The summed E-state index contributed by atoms with van der Waals surface area (Å²) < 4.78 is 1.04. The van der Waals surface area contributed by atoms with Crippen molar-refractivity contribution in [3.8, 4) is 39.6 Å². The minimum atomic E-state index is 0.243. The third-order valence-corrected chi connectivity index (χ3v) is 5.11. The highest BCUT2D eigenvalue weighted by atomic mass is 79.9. The Morgan fingerprint density at radius 3 is 2.14 bits per heavy atom. The number of nitriles is 1. The summed E-state index contributed by atoms with van der Waals surface area (Å²) >= 11 is 3.47. The first kappa shape index (κ1) is 18.0. The standard InChI is InChI=1S/C24H16BrN3/c25-20-11-9-16(10-12-20)18-7-4-8-19(13-18)21-14-23(17-5-2-1-3-6-17)28-24(27)22(21)15-26/h1-14H,(H2,27,28). The van der Waals surface area contributed by atoms with Crippen LogP contribution in [0.3, 0.4) is 0 Å². The molecule has 0 aliphatic carbocycles. The summed E-state index contributed by atoms with van der Waals surface area (Å²) in [7, 11) is 0. The van der Waals surface area contributed by atoms with Crippen molar-refractivity contribution >= 4 is 21.7 Å². The topological polar surface area (TPSA) is 62.7 Å². The van der Waals surface area contributed by atoms with Crippen LogP contribution in [0.1, 0.15) is 5.56 Å². The normalized spacial score (nSPS) is 10.4. The SMILES string of the molecule is N#Cc1c(-c2cccc(-c3ccc(Br)cc3)c2)cc(-c2ccccc2)nc1N. The number of nitrogens with zero attached hydrogens (tertiary/aromatic N) is 2. The first-order valence-corrected chi connectivity index (χ1v) is 9.57. The molecule has 0 aliphatic rings. The van der Waals surface area contributed by atoms with E-state index in [1.165, 1.54) is 0 Å². The minimum Gasteiger partial charge on any atom is -0.383 e. The third-order valence-electron chi connectivity index (χ3n) is 4.58. The van der Waals surface area contributed by atoms with Crippen LogP contribution in [0.4, 0.5) is 5.82 Å². The zero-order valence-electron chi connectivity index (χ0n) is 14.9. The Bertz CT molecular complexity index is 1180. The summed E-state index contributed by atoms with van der Waals surface area (Å²) in [6.07, 6.45) is 0. The van der Waals surface area contributed by atoms with E-state index >= 15 is 0 Å². The van der Waals surface area contributed by atoms with Crippen molar-refractivity contribution in [3.63, 3.8) is 0 Å². The van der Waals surface area contributed by atoms with E-state index in [-0.39, 0.29) is 5.82 Å². The fourth-order valence-electron chi connectivity index (χ4n) is 3.18. The molecule has 4 rings (SSSR count). The molecule has 0 saturated carbocycles. The van der Waals surface area contributed by atoms with Crippen LogP contribution in [0.2, 0.25) is 0 Å². The van der Waals surface area contributed by atoms with E-state index in [0.29, 0.717) is 5.56 Å². The van der Waals surface area contributed by atoms with Crippen LogP contribution in [0.5, 0.6) is 0 Å². The fraction of sp³-hybridized carbons (Fsp3) is 0.